The zero-order valence-corrected chi connectivity index (χ0v) is 24.2. The highest BCUT2D eigenvalue weighted by Gasteiger charge is 2.30. The Kier molecular flexibility index (Phi) is 8.78. The van der Waals surface area contributed by atoms with Crippen molar-refractivity contribution in [1.29, 1.82) is 0 Å². The second-order valence-corrected chi connectivity index (χ2v) is 12.4. The minimum Gasteiger partial charge on any atom is -0.497 e. The first-order valence-electron chi connectivity index (χ1n) is 12.6. The Morgan fingerprint density at radius 3 is 2.34 bits per heavy atom. The lowest BCUT2D eigenvalue weighted by atomic mass is 9.89. The first-order valence-corrected chi connectivity index (χ1v) is 14.8. The number of nitrogens with zero attached hydrogens (tertiary/aromatic N) is 2. The van der Waals surface area contributed by atoms with Crippen molar-refractivity contribution in [2.45, 2.75) is 43.9 Å². The van der Waals surface area contributed by atoms with E-state index in [1.165, 1.54) is 10.4 Å². The number of halogens is 2. The maximum absolute atomic E-state index is 14.4. The third kappa shape index (κ3) is 6.21. The van der Waals surface area contributed by atoms with Gasteiger partial charge < -0.3 is 9.64 Å². The molecule has 38 heavy (non-hydrogen) atoms. The van der Waals surface area contributed by atoms with E-state index < -0.39 is 10.0 Å². The Morgan fingerprint density at radius 1 is 1.05 bits per heavy atom. The summed E-state index contributed by atoms with van der Waals surface area (Å²) in [6.45, 7) is 4.70. The van der Waals surface area contributed by atoms with Crippen LogP contribution in [0.3, 0.4) is 0 Å². The van der Waals surface area contributed by atoms with Gasteiger partial charge in [-0.25, -0.2) is 12.8 Å². The molecule has 1 aliphatic heterocycles. The summed E-state index contributed by atoms with van der Waals surface area (Å²) >= 11 is 3.29. The van der Waals surface area contributed by atoms with Crippen molar-refractivity contribution in [2.24, 2.45) is 0 Å². The van der Waals surface area contributed by atoms with Gasteiger partial charge in [-0.2, -0.15) is 0 Å². The van der Waals surface area contributed by atoms with Gasteiger partial charge in [-0.1, -0.05) is 39.7 Å². The monoisotopic (exact) mass is 602 g/mol. The molecule has 0 spiro atoms. The van der Waals surface area contributed by atoms with Crippen LogP contribution in [-0.4, -0.2) is 46.0 Å². The highest BCUT2D eigenvalue weighted by Crippen LogP contribution is 2.32. The van der Waals surface area contributed by atoms with Crippen molar-refractivity contribution >= 4 is 37.5 Å². The Morgan fingerprint density at radius 2 is 1.74 bits per heavy atom. The molecule has 202 valence electrons. The number of ether oxygens (including phenoxy) is 1. The fourth-order valence-electron chi connectivity index (χ4n) is 4.97. The quantitative estimate of drug-likeness (QED) is 0.308. The van der Waals surface area contributed by atoms with E-state index in [-0.39, 0.29) is 35.5 Å². The van der Waals surface area contributed by atoms with Gasteiger partial charge in [0.05, 0.1) is 17.7 Å². The Balaban J connectivity index is 1.49. The largest absolute Gasteiger partial charge is 0.497 e. The Hall–Kier alpha value is -2.91. The van der Waals surface area contributed by atoms with Crippen LogP contribution in [0, 0.1) is 19.7 Å². The lowest BCUT2D eigenvalue weighted by Gasteiger charge is -2.33. The molecule has 0 unspecified atom stereocenters. The summed E-state index contributed by atoms with van der Waals surface area (Å²) < 4.78 is 49.2. The predicted molar refractivity (Wildman–Crippen MR) is 151 cm³/mol. The van der Waals surface area contributed by atoms with Gasteiger partial charge in [-0.3, -0.25) is 9.10 Å². The molecule has 0 N–H and O–H groups in total. The fourth-order valence-corrected chi connectivity index (χ4v) is 6.98. The van der Waals surface area contributed by atoms with Crippen molar-refractivity contribution in [2.75, 3.05) is 31.0 Å². The van der Waals surface area contributed by atoms with Crippen molar-refractivity contribution < 1.29 is 22.3 Å². The molecular formula is C29H32BrFN2O4S. The molecule has 9 heteroatoms. The van der Waals surface area contributed by atoms with Gasteiger partial charge in [0.15, 0.2) is 0 Å². The number of carbonyl (C=O) groups is 1. The van der Waals surface area contributed by atoms with E-state index in [9.17, 15) is 17.6 Å². The molecule has 4 rings (SSSR count). The fraction of sp³-hybridized carbons (Fsp3) is 0.345. The van der Waals surface area contributed by atoms with Gasteiger partial charge >= 0.3 is 0 Å². The highest BCUT2D eigenvalue weighted by molar-refractivity contribution is 9.10. The SMILES string of the molecule is COc1ccc(N(CCC(=O)N2CCC(c3ccc(Br)cc3F)CC2)S(=O)(=O)c2ccc(C)cc2C)cc1. The number of rotatable bonds is 8. The van der Waals surface area contributed by atoms with Crippen LogP contribution in [0.5, 0.6) is 5.75 Å². The van der Waals surface area contributed by atoms with Gasteiger partial charge in [0.2, 0.25) is 5.91 Å². The number of anilines is 1. The van der Waals surface area contributed by atoms with Crippen LogP contribution in [-0.2, 0) is 14.8 Å². The topological polar surface area (TPSA) is 66.9 Å². The summed E-state index contributed by atoms with van der Waals surface area (Å²) in [5, 5.41) is 0. The second kappa shape index (κ2) is 11.9. The zero-order chi connectivity index (χ0) is 27.4. The standard InChI is InChI=1S/C29H32BrFN2O4S/c1-20-4-11-28(21(2)18-20)38(35,36)33(24-6-8-25(37-3)9-7-24)17-14-29(34)32-15-12-22(13-16-32)26-10-5-23(30)19-27(26)31/h4-11,18-19,22H,12-17H2,1-3H3. The number of amides is 1. The van der Waals surface area contributed by atoms with Crippen LogP contribution in [0.2, 0.25) is 0 Å². The van der Waals surface area contributed by atoms with Crippen LogP contribution in [0.1, 0.15) is 41.9 Å². The molecule has 1 fully saturated rings. The number of methoxy groups -OCH3 is 1. The Labute approximate surface area is 232 Å². The van der Waals surface area contributed by atoms with E-state index in [1.54, 1.807) is 61.4 Å². The summed E-state index contributed by atoms with van der Waals surface area (Å²) in [5.41, 5.74) is 2.75. The molecule has 0 aliphatic carbocycles. The summed E-state index contributed by atoms with van der Waals surface area (Å²) in [4.78, 5) is 15.1. The first kappa shape index (κ1) is 28.1. The number of benzene rings is 3. The first-order chi connectivity index (χ1) is 18.1. The number of sulfonamides is 1. The van der Waals surface area contributed by atoms with E-state index in [0.29, 0.717) is 53.0 Å². The maximum Gasteiger partial charge on any atom is 0.264 e. The van der Waals surface area contributed by atoms with Gasteiger partial charge in [-0.15, -0.1) is 0 Å². The third-order valence-corrected chi connectivity index (χ3v) is 9.52. The molecule has 0 aromatic heterocycles. The number of aryl methyl sites for hydroxylation is 2. The molecule has 0 saturated carbocycles. The van der Waals surface area contributed by atoms with E-state index in [0.717, 1.165) is 5.56 Å². The molecule has 0 atom stereocenters. The van der Waals surface area contributed by atoms with Crippen molar-refractivity contribution in [1.82, 2.24) is 4.90 Å². The molecule has 0 radical (unpaired) electrons. The number of hydrogen-bond acceptors (Lipinski definition) is 4. The number of carbonyl (C=O) groups excluding carboxylic acids is 1. The molecule has 6 nitrogen and oxygen atoms in total. The number of hydrogen-bond donors (Lipinski definition) is 0. The molecule has 1 saturated heterocycles. The predicted octanol–water partition coefficient (Wildman–Crippen LogP) is 6.21. The minimum absolute atomic E-state index is 0.00206. The van der Waals surface area contributed by atoms with Crippen molar-refractivity contribution in [3.63, 3.8) is 0 Å². The average molecular weight is 604 g/mol. The Bertz CT molecular complexity index is 1400. The molecule has 1 aliphatic rings. The molecule has 3 aromatic rings. The van der Waals surface area contributed by atoms with E-state index in [4.69, 9.17) is 4.74 Å². The van der Waals surface area contributed by atoms with Crippen LogP contribution in [0.4, 0.5) is 10.1 Å². The summed E-state index contributed by atoms with van der Waals surface area (Å²) in [5.74, 6) is 0.302. The van der Waals surface area contributed by atoms with Gasteiger partial charge in [0.25, 0.3) is 10.0 Å². The molecular weight excluding hydrogens is 571 g/mol. The summed E-state index contributed by atoms with van der Waals surface area (Å²) in [6.07, 6.45) is 1.36. The number of likely N-dealkylation sites (tertiary alicyclic amines) is 1. The van der Waals surface area contributed by atoms with Gasteiger partial charge in [0, 0.05) is 30.5 Å². The molecule has 3 aromatic carbocycles. The van der Waals surface area contributed by atoms with Gasteiger partial charge in [-0.05, 0) is 86.2 Å². The molecule has 1 heterocycles. The van der Waals surface area contributed by atoms with E-state index in [1.807, 2.05) is 19.1 Å². The third-order valence-electron chi connectivity index (χ3n) is 7.04. The minimum atomic E-state index is -3.92. The molecule has 0 bridgehead atoms. The molecule has 1 amide bonds. The van der Waals surface area contributed by atoms with Gasteiger partial charge in [0.1, 0.15) is 11.6 Å². The lowest BCUT2D eigenvalue weighted by Crippen LogP contribution is -2.41. The van der Waals surface area contributed by atoms with Crippen LogP contribution < -0.4 is 9.04 Å². The summed E-state index contributed by atoms with van der Waals surface area (Å²) in [6, 6.07) is 17.1. The van der Waals surface area contributed by atoms with E-state index >= 15 is 0 Å². The number of piperidine rings is 1. The lowest BCUT2D eigenvalue weighted by molar-refractivity contribution is -0.132. The highest BCUT2D eigenvalue weighted by atomic mass is 79.9. The second-order valence-electron chi connectivity index (χ2n) is 9.62. The van der Waals surface area contributed by atoms with Crippen molar-refractivity contribution in [3.05, 3.63) is 87.6 Å². The van der Waals surface area contributed by atoms with E-state index in [2.05, 4.69) is 15.9 Å². The van der Waals surface area contributed by atoms with Crippen LogP contribution >= 0.6 is 15.9 Å². The van der Waals surface area contributed by atoms with Crippen molar-refractivity contribution in [3.8, 4) is 5.75 Å². The zero-order valence-electron chi connectivity index (χ0n) is 21.8. The average Bonchev–Trinajstić information content (AvgIpc) is 2.89. The normalized spacial score (nSPS) is 14.4. The van der Waals surface area contributed by atoms with Crippen LogP contribution in [0.15, 0.2) is 70.0 Å². The summed E-state index contributed by atoms with van der Waals surface area (Å²) in [7, 11) is -2.38. The smallest absolute Gasteiger partial charge is 0.264 e. The van der Waals surface area contributed by atoms with Crippen LogP contribution in [0.25, 0.3) is 0 Å². The maximum atomic E-state index is 14.4.